The van der Waals surface area contributed by atoms with E-state index in [0.29, 0.717) is 30.3 Å². The molecule has 154 valence electrons. The molecule has 1 saturated heterocycles. The van der Waals surface area contributed by atoms with Gasteiger partial charge in [0, 0.05) is 43.9 Å². The predicted molar refractivity (Wildman–Crippen MR) is 112 cm³/mol. The van der Waals surface area contributed by atoms with Crippen LogP contribution in [0.1, 0.15) is 22.8 Å². The number of piperazine rings is 1. The first-order valence-electron chi connectivity index (χ1n) is 9.67. The van der Waals surface area contributed by atoms with Gasteiger partial charge in [-0.05, 0) is 36.8 Å². The third-order valence-electron chi connectivity index (χ3n) is 4.73. The third-order valence-corrected chi connectivity index (χ3v) is 4.98. The van der Waals surface area contributed by atoms with Crippen LogP contribution < -0.4 is 10.2 Å². The van der Waals surface area contributed by atoms with Crippen LogP contribution in [0.15, 0.2) is 42.6 Å². The summed E-state index contributed by atoms with van der Waals surface area (Å²) >= 11 is 5.87. The van der Waals surface area contributed by atoms with Crippen molar-refractivity contribution >= 4 is 29.3 Å². The molecule has 0 spiro atoms. The van der Waals surface area contributed by atoms with Crippen molar-refractivity contribution in [3.8, 4) is 0 Å². The Morgan fingerprint density at radius 3 is 2.45 bits per heavy atom. The largest absolute Gasteiger partial charge is 0.462 e. The van der Waals surface area contributed by atoms with E-state index >= 15 is 0 Å². The lowest BCUT2D eigenvalue weighted by Gasteiger charge is -2.35. The van der Waals surface area contributed by atoms with Crippen molar-refractivity contribution < 1.29 is 14.3 Å². The van der Waals surface area contributed by atoms with Gasteiger partial charge in [-0.2, -0.15) is 0 Å². The average Bonchev–Trinajstić information content (AvgIpc) is 2.74. The number of benzene rings is 1. The van der Waals surface area contributed by atoms with Gasteiger partial charge in [-0.15, -0.1) is 0 Å². The topological polar surface area (TPSA) is 74.8 Å². The van der Waals surface area contributed by atoms with Gasteiger partial charge < -0.3 is 15.0 Å². The zero-order chi connectivity index (χ0) is 20.6. The van der Waals surface area contributed by atoms with E-state index in [1.165, 1.54) is 0 Å². The molecular formula is C21H25ClN4O3. The van der Waals surface area contributed by atoms with E-state index in [-0.39, 0.29) is 11.9 Å². The molecule has 1 aliphatic heterocycles. The summed E-state index contributed by atoms with van der Waals surface area (Å²) in [5, 5.41) is 3.63. The van der Waals surface area contributed by atoms with Crippen LogP contribution in [0.3, 0.4) is 0 Å². The highest BCUT2D eigenvalue weighted by molar-refractivity contribution is 6.30. The SMILES string of the molecule is CCOC(=O)c1ccc(N2CCN(CC(=O)NCc3ccc(Cl)cc3)CC2)nc1. The second kappa shape index (κ2) is 10.2. The zero-order valence-electron chi connectivity index (χ0n) is 16.4. The molecule has 1 aromatic carbocycles. The number of amides is 1. The molecule has 8 heteroatoms. The maximum absolute atomic E-state index is 12.2. The number of carbonyl (C=O) groups excluding carboxylic acids is 2. The maximum atomic E-state index is 12.2. The van der Waals surface area contributed by atoms with Crippen molar-refractivity contribution in [2.75, 3.05) is 44.2 Å². The van der Waals surface area contributed by atoms with Gasteiger partial charge >= 0.3 is 5.97 Å². The molecule has 1 aliphatic rings. The van der Waals surface area contributed by atoms with Crippen molar-refractivity contribution in [3.63, 3.8) is 0 Å². The number of pyridine rings is 1. The molecule has 0 atom stereocenters. The van der Waals surface area contributed by atoms with E-state index in [1.807, 2.05) is 30.3 Å². The van der Waals surface area contributed by atoms with Gasteiger partial charge in [-0.25, -0.2) is 9.78 Å². The number of halogens is 1. The van der Waals surface area contributed by atoms with Crippen LogP contribution in [0.25, 0.3) is 0 Å². The zero-order valence-corrected chi connectivity index (χ0v) is 17.2. The maximum Gasteiger partial charge on any atom is 0.339 e. The second-order valence-corrected chi connectivity index (χ2v) is 7.23. The van der Waals surface area contributed by atoms with Gasteiger partial charge in [0.1, 0.15) is 5.82 Å². The highest BCUT2D eigenvalue weighted by atomic mass is 35.5. The fourth-order valence-electron chi connectivity index (χ4n) is 3.11. The minimum absolute atomic E-state index is 0.00492. The standard InChI is InChI=1S/C21H25ClN4O3/c1-2-29-21(28)17-5-8-19(23-14-17)26-11-9-25(10-12-26)15-20(27)24-13-16-3-6-18(22)7-4-16/h3-8,14H,2,9-13,15H2,1H3,(H,24,27). The molecule has 1 aromatic heterocycles. The van der Waals surface area contributed by atoms with Gasteiger partial charge in [0.25, 0.3) is 0 Å². The number of hydrogen-bond acceptors (Lipinski definition) is 6. The van der Waals surface area contributed by atoms with Crippen LogP contribution in [0.4, 0.5) is 5.82 Å². The molecule has 1 N–H and O–H groups in total. The Morgan fingerprint density at radius 1 is 1.10 bits per heavy atom. The molecule has 0 unspecified atom stereocenters. The molecule has 2 heterocycles. The van der Waals surface area contributed by atoms with Gasteiger partial charge in [0.05, 0.1) is 18.7 Å². The summed E-state index contributed by atoms with van der Waals surface area (Å²) in [6.07, 6.45) is 1.55. The van der Waals surface area contributed by atoms with Crippen LogP contribution in [0.5, 0.6) is 0 Å². The van der Waals surface area contributed by atoms with E-state index in [1.54, 1.807) is 19.2 Å². The molecule has 7 nitrogen and oxygen atoms in total. The number of anilines is 1. The monoisotopic (exact) mass is 416 g/mol. The number of esters is 1. The molecule has 0 saturated carbocycles. The molecule has 3 rings (SSSR count). The fraction of sp³-hybridized carbons (Fsp3) is 0.381. The van der Waals surface area contributed by atoms with Crippen molar-refractivity contribution in [1.29, 1.82) is 0 Å². The van der Waals surface area contributed by atoms with Gasteiger partial charge in [0.15, 0.2) is 0 Å². The van der Waals surface area contributed by atoms with E-state index in [4.69, 9.17) is 16.3 Å². The van der Waals surface area contributed by atoms with E-state index in [9.17, 15) is 9.59 Å². The number of aromatic nitrogens is 1. The molecular weight excluding hydrogens is 392 g/mol. The minimum Gasteiger partial charge on any atom is -0.462 e. The second-order valence-electron chi connectivity index (χ2n) is 6.79. The van der Waals surface area contributed by atoms with Gasteiger partial charge in [-0.1, -0.05) is 23.7 Å². The first-order valence-corrected chi connectivity index (χ1v) is 10.0. The summed E-state index contributed by atoms with van der Waals surface area (Å²) in [7, 11) is 0. The lowest BCUT2D eigenvalue weighted by molar-refractivity contribution is -0.122. The molecule has 29 heavy (non-hydrogen) atoms. The summed E-state index contributed by atoms with van der Waals surface area (Å²) in [5.74, 6) is 0.469. The molecule has 2 aromatic rings. The lowest BCUT2D eigenvalue weighted by atomic mass is 10.2. The van der Waals surface area contributed by atoms with Crippen molar-refractivity contribution in [1.82, 2.24) is 15.2 Å². The Bertz CT molecular complexity index is 819. The fourth-order valence-corrected chi connectivity index (χ4v) is 3.23. The Hall–Kier alpha value is -2.64. The molecule has 1 fully saturated rings. The minimum atomic E-state index is -0.360. The average molecular weight is 417 g/mol. The highest BCUT2D eigenvalue weighted by Gasteiger charge is 2.20. The highest BCUT2D eigenvalue weighted by Crippen LogP contribution is 2.15. The van der Waals surface area contributed by atoms with Crippen LogP contribution in [-0.2, 0) is 16.1 Å². The molecule has 0 aliphatic carbocycles. The molecule has 0 bridgehead atoms. The summed E-state index contributed by atoms with van der Waals surface area (Å²) in [6.45, 7) is 6.08. The first-order chi connectivity index (χ1) is 14.0. The van der Waals surface area contributed by atoms with E-state index in [2.05, 4.69) is 20.1 Å². The molecule has 1 amide bonds. The van der Waals surface area contributed by atoms with Crippen LogP contribution >= 0.6 is 11.6 Å². The number of ether oxygens (including phenoxy) is 1. The van der Waals surface area contributed by atoms with E-state index < -0.39 is 0 Å². The Balaban J connectivity index is 1.42. The number of nitrogens with one attached hydrogen (secondary N) is 1. The van der Waals surface area contributed by atoms with Crippen LogP contribution in [0.2, 0.25) is 5.02 Å². The quantitative estimate of drug-likeness (QED) is 0.698. The Kier molecular flexibility index (Phi) is 7.43. The number of nitrogens with zero attached hydrogens (tertiary/aromatic N) is 3. The number of hydrogen-bond donors (Lipinski definition) is 1. The van der Waals surface area contributed by atoms with Crippen molar-refractivity contribution in [2.45, 2.75) is 13.5 Å². The van der Waals surface area contributed by atoms with Crippen LogP contribution in [-0.4, -0.2) is 61.1 Å². The van der Waals surface area contributed by atoms with Gasteiger partial charge in [-0.3, -0.25) is 9.69 Å². The first kappa shape index (κ1) is 21.1. The summed E-state index contributed by atoms with van der Waals surface area (Å²) in [6, 6.07) is 11.0. The van der Waals surface area contributed by atoms with Crippen molar-refractivity contribution in [2.24, 2.45) is 0 Å². The number of carbonyl (C=O) groups is 2. The summed E-state index contributed by atoms with van der Waals surface area (Å²) in [4.78, 5) is 32.6. The third kappa shape index (κ3) is 6.17. The smallest absolute Gasteiger partial charge is 0.339 e. The van der Waals surface area contributed by atoms with Crippen molar-refractivity contribution in [3.05, 3.63) is 58.7 Å². The lowest BCUT2D eigenvalue weighted by Crippen LogP contribution is -2.49. The number of rotatable bonds is 7. The van der Waals surface area contributed by atoms with E-state index in [0.717, 1.165) is 37.6 Å². The van der Waals surface area contributed by atoms with Gasteiger partial charge in [0.2, 0.25) is 5.91 Å². The summed E-state index contributed by atoms with van der Waals surface area (Å²) < 4.78 is 4.97. The Labute approximate surface area is 175 Å². The van der Waals surface area contributed by atoms with Crippen LogP contribution in [0, 0.1) is 0 Å². The normalized spacial score (nSPS) is 14.5. The predicted octanol–water partition coefficient (Wildman–Crippen LogP) is 2.35. The summed E-state index contributed by atoms with van der Waals surface area (Å²) in [5.41, 5.74) is 1.47. The Morgan fingerprint density at radius 2 is 1.83 bits per heavy atom. The molecule has 0 radical (unpaired) electrons.